The van der Waals surface area contributed by atoms with Gasteiger partial charge in [-0.05, 0) is 12.1 Å². The molecule has 1 atom stereocenters. The smallest absolute Gasteiger partial charge is 0.342 e. The maximum Gasteiger partial charge on any atom is 0.342 e. The van der Waals surface area contributed by atoms with E-state index in [1.807, 2.05) is 0 Å². The Morgan fingerprint density at radius 3 is 2.71 bits per heavy atom. The zero-order valence-electron chi connectivity index (χ0n) is 12.3. The summed E-state index contributed by atoms with van der Waals surface area (Å²) in [5.74, 6) is -2.01. The lowest BCUT2D eigenvalue weighted by Gasteiger charge is -2.39. The van der Waals surface area contributed by atoms with Crippen molar-refractivity contribution in [1.29, 1.82) is 0 Å². The number of halogens is 2. The summed E-state index contributed by atoms with van der Waals surface area (Å²) in [5.41, 5.74) is 5.17. The fourth-order valence-corrected chi connectivity index (χ4v) is 4.29. The van der Waals surface area contributed by atoms with Gasteiger partial charge >= 0.3 is 5.97 Å². The van der Waals surface area contributed by atoms with Crippen LogP contribution in [-0.4, -0.2) is 41.4 Å². The van der Waals surface area contributed by atoms with E-state index in [0.29, 0.717) is 18.6 Å². The first kappa shape index (κ1) is 15.4. The van der Waals surface area contributed by atoms with E-state index in [1.54, 1.807) is 4.90 Å². The molecule has 24 heavy (non-hydrogen) atoms. The number of nitrogens with two attached hydrogens (primary N) is 1. The van der Waals surface area contributed by atoms with Crippen molar-refractivity contribution in [3.63, 3.8) is 0 Å². The van der Waals surface area contributed by atoms with Crippen molar-refractivity contribution in [3.8, 4) is 0 Å². The zero-order chi connectivity index (χ0) is 17.2. The van der Waals surface area contributed by atoms with Gasteiger partial charge in [-0.2, -0.15) is 0 Å². The molecule has 1 unspecified atom stereocenters. The van der Waals surface area contributed by atoms with Crippen LogP contribution in [0.5, 0.6) is 0 Å². The van der Waals surface area contributed by atoms with Crippen molar-refractivity contribution in [2.45, 2.75) is 16.4 Å². The summed E-state index contributed by atoms with van der Waals surface area (Å²) in [7, 11) is 0. The van der Waals surface area contributed by atoms with Gasteiger partial charge in [-0.15, -0.1) is 0 Å². The highest BCUT2D eigenvalue weighted by molar-refractivity contribution is 8.00. The fraction of sp³-hybridized carbons (Fsp3) is 0.333. The molecule has 0 aliphatic carbocycles. The number of alkyl halides is 1. The maximum absolute atomic E-state index is 14.4. The summed E-state index contributed by atoms with van der Waals surface area (Å²) < 4.78 is 29.0. The van der Waals surface area contributed by atoms with E-state index in [9.17, 15) is 23.5 Å². The van der Waals surface area contributed by atoms with E-state index in [4.69, 9.17) is 5.73 Å². The standard InChI is InChI=1S/C15H13F2N3O3S/c16-3-11-20-9-2-10(19-4-6(18)5-19)8(17)1-7(9)13(21)12(15(22)23)14(20)24-11/h1-2,6,11H,3-5,18H2,(H,22,23). The van der Waals surface area contributed by atoms with E-state index in [1.165, 1.54) is 10.6 Å². The van der Waals surface area contributed by atoms with Gasteiger partial charge < -0.3 is 20.3 Å². The van der Waals surface area contributed by atoms with Crippen LogP contribution in [0.1, 0.15) is 15.7 Å². The molecular formula is C15H13F2N3O3S. The molecule has 1 aromatic carbocycles. The van der Waals surface area contributed by atoms with Crippen LogP contribution in [0.15, 0.2) is 22.0 Å². The molecule has 2 aliphatic rings. The van der Waals surface area contributed by atoms with Crippen molar-refractivity contribution < 1.29 is 18.7 Å². The van der Waals surface area contributed by atoms with Gasteiger partial charge in [-0.3, -0.25) is 4.79 Å². The van der Waals surface area contributed by atoms with Crippen LogP contribution in [-0.2, 0) is 0 Å². The molecule has 1 fully saturated rings. The second kappa shape index (κ2) is 5.18. The molecule has 6 nitrogen and oxygen atoms in total. The predicted octanol–water partition coefficient (Wildman–Crippen LogP) is 1.56. The van der Waals surface area contributed by atoms with Gasteiger partial charge in [0.1, 0.15) is 23.4 Å². The molecule has 2 aromatic rings. The van der Waals surface area contributed by atoms with Crippen molar-refractivity contribution in [1.82, 2.24) is 4.57 Å². The van der Waals surface area contributed by atoms with Crippen LogP contribution in [0, 0.1) is 5.82 Å². The molecular weight excluding hydrogens is 340 g/mol. The number of pyridine rings is 1. The number of benzene rings is 1. The number of aromatic carboxylic acids is 1. The summed E-state index contributed by atoms with van der Waals surface area (Å²) in [6.45, 7) is 0.276. The Morgan fingerprint density at radius 2 is 2.12 bits per heavy atom. The summed E-state index contributed by atoms with van der Waals surface area (Å²) in [6, 6.07) is 2.49. The minimum absolute atomic E-state index is 0.0331. The third kappa shape index (κ3) is 1.97. The highest BCUT2D eigenvalue weighted by Gasteiger charge is 2.36. The second-order valence-corrected chi connectivity index (χ2v) is 7.06. The monoisotopic (exact) mass is 353 g/mol. The molecule has 126 valence electrons. The number of thioether (sulfide) groups is 1. The van der Waals surface area contributed by atoms with Crippen LogP contribution in [0.3, 0.4) is 0 Å². The molecule has 1 saturated heterocycles. The average Bonchev–Trinajstić information content (AvgIpc) is 2.47. The third-order valence-electron chi connectivity index (χ3n) is 4.36. The maximum atomic E-state index is 14.4. The number of carboxylic acid groups (broad SMARTS) is 1. The number of nitrogens with zero attached hydrogens (tertiary/aromatic N) is 2. The average molecular weight is 353 g/mol. The van der Waals surface area contributed by atoms with Crippen LogP contribution in [0.2, 0.25) is 0 Å². The second-order valence-electron chi connectivity index (χ2n) is 5.90. The molecule has 0 amide bonds. The van der Waals surface area contributed by atoms with Gasteiger partial charge in [-0.25, -0.2) is 13.6 Å². The Kier molecular flexibility index (Phi) is 3.33. The van der Waals surface area contributed by atoms with Gasteiger partial charge in [-0.1, -0.05) is 11.8 Å². The van der Waals surface area contributed by atoms with Crippen LogP contribution >= 0.6 is 11.8 Å². The first-order valence-electron chi connectivity index (χ1n) is 7.30. The minimum Gasteiger partial charge on any atom is -0.477 e. The number of rotatable bonds is 3. The number of carbonyl (C=O) groups is 1. The number of anilines is 1. The highest BCUT2D eigenvalue weighted by Crippen LogP contribution is 2.47. The van der Waals surface area contributed by atoms with Crippen molar-refractivity contribution in [2.75, 3.05) is 24.7 Å². The van der Waals surface area contributed by atoms with Crippen molar-refractivity contribution in [2.24, 2.45) is 5.73 Å². The summed E-state index contributed by atoms with van der Waals surface area (Å²) >= 11 is 1.00. The molecule has 3 N–H and O–H groups in total. The number of carboxylic acids is 1. The first-order chi connectivity index (χ1) is 11.4. The van der Waals surface area contributed by atoms with E-state index in [2.05, 4.69) is 0 Å². The largest absolute Gasteiger partial charge is 0.477 e. The van der Waals surface area contributed by atoms with Gasteiger partial charge in [0.2, 0.25) is 5.43 Å². The molecule has 9 heteroatoms. The SMILES string of the molecule is NC1CN(c2cc3c(cc2F)c(=O)c(C(=O)O)c2n3C(CF)S2)C1. The first-order valence-corrected chi connectivity index (χ1v) is 8.18. The van der Waals surface area contributed by atoms with E-state index in [-0.39, 0.29) is 22.1 Å². The lowest BCUT2D eigenvalue weighted by atomic mass is 10.1. The Labute approximate surface area is 138 Å². The van der Waals surface area contributed by atoms with E-state index in [0.717, 1.165) is 17.8 Å². The van der Waals surface area contributed by atoms with Gasteiger partial charge in [0, 0.05) is 24.5 Å². The van der Waals surface area contributed by atoms with Crippen molar-refractivity contribution >= 4 is 34.3 Å². The fourth-order valence-electron chi connectivity index (χ4n) is 3.17. The Hall–Kier alpha value is -2.13. The lowest BCUT2D eigenvalue weighted by Crippen LogP contribution is -2.56. The van der Waals surface area contributed by atoms with Gasteiger partial charge in [0.15, 0.2) is 0 Å². The highest BCUT2D eigenvalue weighted by atomic mass is 32.2. The van der Waals surface area contributed by atoms with Crippen molar-refractivity contribution in [3.05, 3.63) is 33.7 Å². The Balaban J connectivity index is 2.00. The topological polar surface area (TPSA) is 88.6 Å². The lowest BCUT2D eigenvalue weighted by molar-refractivity contribution is 0.0689. The van der Waals surface area contributed by atoms with Crippen LogP contribution in [0.25, 0.3) is 10.9 Å². The van der Waals surface area contributed by atoms with E-state index >= 15 is 0 Å². The minimum atomic E-state index is -1.39. The Bertz CT molecular complexity index is 940. The molecule has 4 rings (SSSR count). The van der Waals surface area contributed by atoms with Gasteiger partial charge in [0.05, 0.1) is 16.2 Å². The normalized spacial score (nSPS) is 19.8. The molecule has 0 bridgehead atoms. The van der Waals surface area contributed by atoms with Crippen LogP contribution < -0.4 is 16.1 Å². The molecule has 0 radical (unpaired) electrons. The quantitative estimate of drug-likeness (QED) is 0.871. The number of fused-ring (bicyclic) bond motifs is 3. The number of hydrogen-bond donors (Lipinski definition) is 2. The summed E-state index contributed by atoms with van der Waals surface area (Å²) in [6.07, 6.45) is 0. The van der Waals surface area contributed by atoms with Crippen LogP contribution in [0.4, 0.5) is 14.5 Å². The summed E-state index contributed by atoms with van der Waals surface area (Å²) in [5, 5.41) is 8.82. The molecule has 3 heterocycles. The molecule has 1 aromatic heterocycles. The number of aromatic nitrogens is 1. The zero-order valence-corrected chi connectivity index (χ0v) is 13.1. The number of hydrogen-bond acceptors (Lipinski definition) is 5. The van der Waals surface area contributed by atoms with E-state index < -0.39 is 34.8 Å². The third-order valence-corrected chi connectivity index (χ3v) is 5.59. The predicted molar refractivity (Wildman–Crippen MR) is 86.2 cm³/mol. The molecule has 0 spiro atoms. The molecule has 0 saturated carbocycles. The molecule has 2 aliphatic heterocycles. The Morgan fingerprint density at radius 1 is 1.42 bits per heavy atom. The van der Waals surface area contributed by atoms with Gasteiger partial charge in [0.25, 0.3) is 0 Å². The summed E-state index contributed by atoms with van der Waals surface area (Å²) in [4.78, 5) is 25.6.